The van der Waals surface area contributed by atoms with Gasteiger partial charge in [-0.2, -0.15) is 6.54 Å². The molecule has 0 rings (SSSR count). The molecule has 6 N–H and O–H groups in total. The number of urea groups is 1. The number of carbonyl (C=O) groups is 4. The molecule has 138 valence electrons. The molecule has 0 spiro atoms. The third-order valence-corrected chi connectivity index (χ3v) is 2.77. The molecule has 0 saturated heterocycles. The predicted octanol–water partition coefficient (Wildman–Crippen LogP) is 0.727. The van der Waals surface area contributed by atoms with Gasteiger partial charge in [-0.1, -0.05) is 12.8 Å². The Morgan fingerprint density at radius 2 is 1.33 bits per heavy atom. The zero-order chi connectivity index (χ0) is 17.1. The van der Waals surface area contributed by atoms with Gasteiger partial charge in [-0.15, -0.1) is 0 Å². The zero-order valence-electron chi connectivity index (χ0n) is 13.3. The van der Waals surface area contributed by atoms with E-state index in [-0.39, 0.29) is 47.9 Å². The standard InChI is InChI=1S/C12H20N3O7.CH3.W/c13-6-2-1-3-7(10(18)19)14-12(22)15-8(11(20)21)4-5-9(16)17;;/h7-8,13H,1-6H2,(H,16,17)(H,18,19)(H,20,21)(H2,14,15,22);1H3;/q2*-1;+2. The molecule has 0 aliphatic carbocycles. The minimum Gasteiger partial charge on any atom is -0.677 e. The van der Waals surface area contributed by atoms with Crippen molar-refractivity contribution in [1.82, 2.24) is 10.6 Å². The Morgan fingerprint density at radius 1 is 0.875 bits per heavy atom. The largest absolute Gasteiger partial charge is 2.00 e. The molecule has 0 saturated carbocycles. The van der Waals surface area contributed by atoms with Crippen molar-refractivity contribution >= 4 is 23.9 Å². The summed E-state index contributed by atoms with van der Waals surface area (Å²) in [5.74, 6) is -3.87. The maximum atomic E-state index is 11.6. The van der Waals surface area contributed by atoms with Crippen LogP contribution in [0.15, 0.2) is 0 Å². The van der Waals surface area contributed by atoms with Crippen molar-refractivity contribution < 1.29 is 55.6 Å². The van der Waals surface area contributed by atoms with E-state index in [0.29, 0.717) is 12.8 Å². The van der Waals surface area contributed by atoms with E-state index in [9.17, 15) is 19.2 Å². The van der Waals surface area contributed by atoms with E-state index in [0.717, 1.165) is 0 Å². The fourth-order valence-corrected chi connectivity index (χ4v) is 1.61. The van der Waals surface area contributed by atoms with Gasteiger partial charge >= 0.3 is 45.0 Å². The van der Waals surface area contributed by atoms with Gasteiger partial charge in [0.15, 0.2) is 0 Å². The SMILES string of the molecule is [CH3-].[NH-]CCCCC(NC(=O)NC(CCC(=O)O)C(=O)O)C(=O)O.[W+2]. The van der Waals surface area contributed by atoms with E-state index < -0.39 is 42.4 Å². The smallest absolute Gasteiger partial charge is 0.677 e. The van der Waals surface area contributed by atoms with Crippen LogP contribution in [0.2, 0.25) is 0 Å². The summed E-state index contributed by atoms with van der Waals surface area (Å²) in [4.78, 5) is 43.9. The fraction of sp³-hybridized carbons (Fsp3) is 0.615. The molecule has 0 aromatic carbocycles. The topological polar surface area (TPSA) is 177 Å². The molecular weight excluding hydrogens is 494 g/mol. The number of unbranched alkanes of at least 4 members (excludes halogenated alkanes) is 1. The van der Waals surface area contributed by atoms with Crippen molar-refractivity contribution in [2.45, 2.75) is 44.2 Å². The number of amides is 2. The quantitative estimate of drug-likeness (QED) is 0.198. The van der Waals surface area contributed by atoms with E-state index in [1.54, 1.807) is 0 Å². The maximum absolute atomic E-state index is 11.6. The normalized spacial score (nSPS) is 11.9. The molecule has 0 aliphatic heterocycles. The van der Waals surface area contributed by atoms with Crippen LogP contribution in [0.4, 0.5) is 4.79 Å². The van der Waals surface area contributed by atoms with Crippen molar-refractivity contribution in [1.29, 1.82) is 0 Å². The molecule has 0 bridgehead atoms. The Labute approximate surface area is 154 Å². The Bertz CT molecular complexity index is 420. The van der Waals surface area contributed by atoms with Crippen molar-refractivity contribution in [2.24, 2.45) is 0 Å². The molecule has 0 aromatic rings. The maximum Gasteiger partial charge on any atom is 2.00 e. The molecule has 0 heterocycles. The van der Waals surface area contributed by atoms with Gasteiger partial charge in [-0.05, 0) is 12.8 Å². The van der Waals surface area contributed by atoms with Gasteiger partial charge in [0.1, 0.15) is 12.1 Å². The van der Waals surface area contributed by atoms with Crippen molar-refractivity contribution in [3.05, 3.63) is 13.2 Å². The molecule has 2 unspecified atom stereocenters. The number of nitrogens with one attached hydrogen (secondary N) is 3. The summed E-state index contributed by atoms with van der Waals surface area (Å²) in [6.45, 7) is 0.148. The number of hydrogen-bond acceptors (Lipinski definition) is 4. The molecule has 10 nitrogen and oxygen atoms in total. The van der Waals surface area contributed by atoms with Crippen molar-refractivity contribution in [3.63, 3.8) is 0 Å². The first-order valence-corrected chi connectivity index (χ1v) is 6.67. The first kappa shape index (κ1) is 27.2. The van der Waals surface area contributed by atoms with Crippen LogP contribution in [-0.4, -0.2) is 57.9 Å². The molecule has 0 radical (unpaired) electrons. The molecule has 24 heavy (non-hydrogen) atoms. The fourth-order valence-electron chi connectivity index (χ4n) is 1.61. The van der Waals surface area contributed by atoms with Crippen molar-refractivity contribution in [3.8, 4) is 0 Å². The monoisotopic (exact) mass is 517 g/mol. The number of carbonyl (C=O) groups excluding carboxylic acids is 1. The van der Waals surface area contributed by atoms with Crippen LogP contribution in [0.5, 0.6) is 0 Å². The van der Waals surface area contributed by atoms with Gasteiger partial charge in [-0.25, -0.2) is 14.4 Å². The van der Waals surface area contributed by atoms with E-state index >= 15 is 0 Å². The van der Waals surface area contributed by atoms with Crippen LogP contribution in [0, 0.1) is 7.43 Å². The number of carboxylic acid groups (broad SMARTS) is 3. The van der Waals surface area contributed by atoms with E-state index in [2.05, 4.69) is 5.32 Å². The summed E-state index contributed by atoms with van der Waals surface area (Å²) in [6.07, 6.45) is 0.290. The average molecular weight is 517 g/mol. The van der Waals surface area contributed by atoms with E-state index in [1.165, 1.54) is 0 Å². The first-order chi connectivity index (χ1) is 10.3. The van der Waals surface area contributed by atoms with Gasteiger partial charge in [0, 0.05) is 6.42 Å². The van der Waals surface area contributed by atoms with Crippen LogP contribution in [0.1, 0.15) is 32.1 Å². The van der Waals surface area contributed by atoms with Crippen LogP contribution in [0.25, 0.3) is 5.73 Å². The summed E-state index contributed by atoms with van der Waals surface area (Å²) in [5.41, 5.74) is 6.96. The van der Waals surface area contributed by atoms with Gasteiger partial charge in [0.05, 0.1) is 0 Å². The second-order valence-electron chi connectivity index (χ2n) is 4.58. The van der Waals surface area contributed by atoms with Crippen molar-refractivity contribution in [2.75, 3.05) is 6.54 Å². The van der Waals surface area contributed by atoms with E-state index in [4.69, 9.17) is 21.1 Å². The molecule has 11 heteroatoms. The summed E-state index contributed by atoms with van der Waals surface area (Å²) < 4.78 is 0. The van der Waals surface area contributed by atoms with Crippen LogP contribution < -0.4 is 10.6 Å². The summed E-state index contributed by atoms with van der Waals surface area (Å²) in [6, 6.07) is -3.60. The number of rotatable bonds is 11. The second kappa shape index (κ2) is 14.9. The minimum atomic E-state index is -1.42. The van der Waals surface area contributed by atoms with Gasteiger partial charge in [0.25, 0.3) is 0 Å². The Hall–Kier alpha value is -1.67. The minimum absolute atomic E-state index is 0. The zero-order valence-corrected chi connectivity index (χ0v) is 16.2. The second-order valence-corrected chi connectivity index (χ2v) is 4.58. The number of aliphatic carboxylic acids is 3. The third-order valence-electron chi connectivity index (χ3n) is 2.77. The Kier molecular flexibility index (Phi) is 16.9. The number of carboxylic acids is 3. The summed E-state index contributed by atoms with van der Waals surface area (Å²) >= 11 is 0. The first-order valence-electron chi connectivity index (χ1n) is 6.67. The van der Waals surface area contributed by atoms with Crippen LogP contribution in [-0.2, 0) is 35.4 Å². The molecular formula is C13H23N3O7W. The summed E-state index contributed by atoms with van der Waals surface area (Å²) in [5, 5.41) is 30.5. The molecule has 0 fully saturated rings. The van der Waals surface area contributed by atoms with Crippen LogP contribution >= 0.6 is 0 Å². The Morgan fingerprint density at radius 3 is 1.71 bits per heavy atom. The molecule has 0 aromatic heterocycles. The van der Waals surface area contributed by atoms with Gasteiger partial charge < -0.3 is 39.1 Å². The van der Waals surface area contributed by atoms with E-state index in [1.807, 2.05) is 5.32 Å². The van der Waals surface area contributed by atoms with Gasteiger partial charge in [-0.3, -0.25) is 4.79 Å². The average Bonchev–Trinajstić information content (AvgIpc) is 2.41. The molecule has 2 atom stereocenters. The predicted molar refractivity (Wildman–Crippen MR) is 80.8 cm³/mol. The van der Waals surface area contributed by atoms with Crippen LogP contribution in [0.3, 0.4) is 0 Å². The Balaban J connectivity index is -0.00000220. The third kappa shape index (κ3) is 12.8. The number of hydrogen-bond donors (Lipinski definition) is 5. The summed E-state index contributed by atoms with van der Waals surface area (Å²) in [7, 11) is 0. The van der Waals surface area contributed by atoms with Gasteiger partial charge in [0.2, 0.25) is 0 Å². The molecule has 2 amide bonds. The molecule has 0 aliphatic rings.